The van der Waals surface area contributed by atoms with Crippen molar-refractivity contribution in [1.29, 1.82) is 0 Å². The number of benzene rings is 10. The normalized spacial score (nSPS) is 14.1. The smallest absolute Gasteiger partial charge is 0.0619 e. The lowest BCUT2D eigenvalue weighted by atomic mass is 9.67. The van der Waals surface area contributed by atoms with E-state index in [-0.39, 0.29) is 0 Å². The van der Waals surface area contributed by atoms with E-state index in [1.165, 1.54) is 111 Å². The van der Waals surface area contributed by atoms with Crippen molar-refractivity contribution in [1.82, 2.24) is 0 Å². The van der Waals surface area contributed by atoms with Crippen LogP contribution >= 0.6 is 0 Å². The largest absolute Gasteiger partial charge is 0.0713 e. The summed E-state index contributed by atoms with van der Waals surface area (Å²) in [6.07, 6.45) is 0. The van der Waals surface area contributed by atoms with Crippen LogP contribution in [-0.2, 0) is 10.8 Å². The molecule has 0 heterocycles. The molecule has 2 aliphatic carbocycles. The SMILES string of the molecule is Cc1ccc2cc(C3(c4ccc(-c5ccc(C6(c7ccc8cc(C)ccc8c7)c7ccccc7-c7ccccc76)cc5)cc4)c4ccccc4-c4ccccc43)ccc2c1. The molecular weight excluding hydrogens is 721 g/mol. The van der Waals surface area contributed by atoms with Crippen molar-refractivity contribution in [2.75, 3.05) is 0 Å². The first kappa shape index (κ1) is 34.7. The highest BCUT2D eigenvalue weighted by Gasteiger charge is 2.47. The number of hydrogen-bond acceptors (Lipinski definition) is 0. The van der Waals surface area contributed by atoms with Crippen LogP contribution in [0.1, 0.15) is 55.6 Å². The Morgan fingerprint density at radius 2 is 0.533 bits per heavy atom. The third-order valence-corrected chi connectivity index (χ3v) is 13.7. The fourth-order valence-corrected chi connectivity index (χ4v) is 11.1. The fourth-order valence-electron chi connectivity index (χ4n) is 11.1. The van der Waals surface area contributed by atoms with Gasteiger partial charge in [-0.3, -0.25) is 0 Å². The van der Waals surface area contributed by atoms with Crippen molar-refractivity contribution in [2.24, 2.45) is 0 Å². The van der Waals surface area contributed by atoms with Gasteiger partial charge < -0.3 is 0 Å². The quantitative estimate of drug-likeness (QED) is 0.164. The van der Waals surface area contributed by atoms with E-state index in [4.69, 9.17) is 0 Å². The molecule has 0 spiro atoms. The van der Waals surface area contributed by atoms with Gasteiger partial charge in [0.1, 0.15) is 0 Å². The first-order valence-corrected chi connectivity index (χ1v) is 21.2. The number of fused-ring (bicyclic) bond motifs is 8. The summed E-state index contributed by atoms with van der Waals surface area (Å²) < 4.78 is 0. The van der Waals surface area contributed by atoms with Crippen molar-refractivity contribution in [3.05, 3.63) is 274 Å². The zero-order valence-electron chi connectivity index (χ0n) is 33.8. The molecule has 0 amide bonds. The van der Waals surface area contributed by atoms with Crippen LogP contribution in [0.2, 0.25) is 0 Å². The van der Waals surface area contributed by atoms with Crippen molar-refractivity contribution in [3.8, 4) is 33.4 Å². The molecule has 0 radical (unpaired) electrons. The molecule has 10 aromatic rings. The van der Waals surface area contributed by atoms with E-state index < -0.39 is 10.8 Å². The van der Waals surface area contributed by atoms with E-state index in [1.54, 1.807) is 0 Å². The Bertz CT molecular complexity index is 3010. The van der Waals surface area contributed by atoms with E-state index in [0.717, 1.165) is 0 Å². The predicted octanol–water partition coefficient (Wildman–Crippen LogP) is 15.0. The summed E-state index contributed by atoms with van der Waals surface area (Å²) in [5, 5.41) is 5.07. The standard InChI is InChI=1S/C60H42/c1-39-19-21-45-37-49(33-27-43(45)35-39)59(55-15-7-3-11-51(55)52-12-4-8-16-56(52)59)47-29-23-41(24-30-47)42-25-31-48(32-26-42)60(50-34-28-44-36-40(2)20-22-46(44)38-50)57-17-9-5-13-53(57)54-14-6-10-18-58(54)60/h3-38H,1-2H3. The summed E-state index contributed by atoms with van der Waals surface area (Å²) in [7, 11) is 0. The molecule has 0 aromatic heterocycles. The third kappa shape index (κ3) is 4.85. The first-order valence-electron chi connectivity index (χ1n) is 21.2. The van der Waals surface area contributed by atoms with Gasteiger partial charge in [-0.1, -0.05) is 217 Å². The highest BCUT2D eigenvalue weighted by atomic mass is 14.5. The fraction of sp³-hybridized carbons (Fsp3) is 0.0667. The maximum atomic E-state index is 2.42. The minimum Gasteiger partial charge on any atom is -0.0619 e. The maximum absolute atomic E-state index is 2.42. The molecule has 2 aliphatic rings. The number of hydrogen-bond donors (Lipinski definition) is 0. The summed E-state index contributed by atoms with van der Waals surface area (Å²) in [5.74, 6) is 0. The van der Waals surface area contributed by atoms with Gasteiger partial charge in [0.05, 0.1) is 10.8 Å². The lowest BCUT2D eigenvalue weighted by molar-refractivity contribution is 0.769. The first-order chi connectivity index (χ1) is 29.5. The van der Waals surface area contributed by atoms with Crippen LogP contribution < -0.4 is 0 Å². The van der Waals surface area contributed by atoms with Crippen molar-refractivity contribution in [2.45, 2.75) is 24.7 Å². The van der Waals surface area contributed by atoms with Gasteiger partial charge in [0.15, 0.2) is 0 Å². The molecule has 0 unspecified atom stereocenters. The molecule has 0 fully saturated rings. The van der Waals surface area contributed by atoms with Crippen LogP contribution in [0.15, 0.2) is 218 Å². The molecule has 0 atom stereocenters. The third-order valence-electron chi connectivity index (χ3n) is 13.7. The summed E-state index contributed by atoms with van der Waals surface area (Å²) >= 11 is 0. The Hall–Kier alpha value is -7.28. The minimum absolute atomic E-state index is 0.456. The molecule has 282 valence electrons. The van der Waals surface area contributed by atoms with Crippen molar-refractivity contribution < 1.29 is 0 Å². The molecule has 0 aliphatic heterocycles. The molecule has 0 nitrogen and oxygen atoms in total. The Kier molecular flexibility index (Phi) is 7.59. The molecule has 0 saturated heterocycles. The molecule has 0 N–H and O–H groups in total. The molecule has 60 heavy (non-hydrogen) atoms. The molecule has 12 rings (SSSR count). The van der Waals surface area contributed by atoms with Gasteiger partial charge in [-0.25, -0.2) is 0 Å². The van der Waals surface area contributed by atoms with Crippen LogP contribution in [0.4, 0.5) is 0 Å². The number of aryl methyl sites for hydroxylation is 2. The highest BCUT2D eigenvalue weighted by Crippen LogP contribution is 2.58. The van der Waals surface area contributed by atoms with Gasteiger partial charge in [0.25, 0.3) is 0 Å². The zero-order chi connectivity index (χ0) is 40.0. The number of rotatable bonds is 5. The monoisotopic (exact) mass is 762 g/mol. The van der Waals surface area contributed by atoms with E-state index in [9.17, 15) is 0 Å². The van der Waals surface area contributed by atoms with Gasteiger partial charge >= 0.3 is 0 Å². The molecule has 10 aromatic carbocycles. The zero-order valence-corrected chi connectivity index (χ0v) is 33.8. The van der Waals surface area contributed by atoms with E-state index in [2.05, 4.69) is 232 Å². The molecule has 0 bridgehead atoms. The summed E-state index contributed by atoms with van der Waals surface area (Å²) in [4.78, 5) is 0. The van der Waals surface area contributed by atoms with E-state index in [1.807, 2.05) is 0 Å². The maximum Gasteiger partial charge on any atom is 0.0713 e. The summed E-state index contributed by atoms with van der Waals surface area (Å²) in [6.45, 7) is 4.34. The van der Waals surface area contributed by atoms with Gasteiger partial charge in [-0.15, -0.1) is 0 Å². The second-order valence-corrected chi connectivity index (χ2v) is 17.0. The second-order valence-electron chi connectivity index (χ2n) is 17.0. The minimum atomic E-state index is -0.456. The van der Waals surface area contributed by atoms with Crippen LogP contribution in [-0.4, -0.2) is 0 Å². The predicted molar refractivity (Wildman–Crippen MR) is 251 cm³/mol. The summed E-state index contributed by atoms with van der Waals surface area (Å²) in [6, 6.07) is 82.7. The van der Waals surface area contributed by atoms with Crippen LogP contribution in [0.3, 0.4) is 0 Å². The molecule has 0 heteroatoms. The second kappa shape index (κ2) is 13.1. The van der Waals surface area contributed by atoms with Gasteiger partial charge in [0.2, 0.25) is 0 Å². The Balaban J connectivity index is 1.00. The molecule has 0 saturated carbocycles. The Labute approximate surface area is 352 Å². The Morgan fingerprint density at radius 3 is 0.883 bits per heavy atom. The average Bonchev–Trinajstić information content (AvgIpc) is 3.78. The highest BCUT2D eigenvalue weighted by molar-refractivity contribution is 5.92. The molecular formula is C60H42. The lowest BCUT2D eigenvalue weighted by Crippen LogP contribution is -2.28. The average molecular weight is 763 g/mol. The van der Waals surface area contributed by atoms with Crippen LogP contribution in [0.25, 0.3) is 54.9 Å². The van der Waals surface area contributed by atoms with Crippen LogP contribution in [0.5, 0.6) is 0 Å². The Morgan fingerprint density at radius 1 is 0.250 bits per heavy atom. The summed E-state index contributed by atoms with van der Waals surface area (Å²) in [5.41, 5.74) is 19.8. The van der Waals surface area contributed by atoms with E-state index >= 15 is 0 Å². The van der Waals surface area contributed by atoms with Gasteiger partial charge in [-0.2, -0.15) is 0 Å². The lowest BCUT2D eigenvalue weighted by Gasteiger charge is -2.34. The van der Waals surface area contributed by atoms with Gasteiger partial charge in [-0.05, 0) is 125 Å². The van der Waals surface area contributed by atoms with Crippen LogP contribution in [0, 0.1) is 13.8 Å². The van der Waals surface area contributed by atoms with Gasteiger partial charge in [0, 0.05) is 0 Å². The van der Waals surface area contributed by atoms with Crippen molar-refractivity contribution >= 4 is 21.5 Å². The topological polar surface area (TPSA) is 0 Å². The van der Waals surface area contributed by atoms with Crippen molar-refractivity contribution in [3.63, 3.8) is 0 Å². The van der Waals surface area contributed by atoms with E-state index in [0.29, 0.717) is 0 Å².